The standard InChI is InChI=1S/C39H57N3O10/c1-5-21-49-39-33(42(4)38(46)47-7-3)25-31(41-52-34-16-10-13-22-48-34)29-23-26(14-8-11-19-43)28(15-9-12-20-44)35(36(29)39)30-24-27(17-18-32(30)51-39)50-37(45)40-6-2/h5,17-18,23-24,26,28,33-36,43-44H,1,6-16,19-22,25H2,2-4H3,(H,40,45). The average Bonchev–Trinajstić information content (AvgIpc) is 3.15. The molecule has 0 spiro atoms. The molecule has 288 valence electrons. The fourth-order valence-electron chi connectivity index (χ4n) is 8.35. The van der Waals surface area contributed by atoms with E-state index in [2.05, 4.69) is 18.0 Å². The molecular formula is C39H57N3O10. The van der Waals surface area contributed by atoms with Crippen LogP contribution in [0.3, 0.4) is 0 Å². The molecule has 5 rings (SSSR count). The number of hydrogen-bond donors (Lipinski definition) is 3. The molecule has 4 aliphatic rings. The number of benzene rings is 1. The molecule has 0 radical (unpaired) electrons. The normalized spacial score (nSPS) is 28.4. The number of hydrogen-bond acceptors (Lipinski definition) is 11. The van der Waals surface area contributed by atoms with Gasteiger partial charge in [-0.25, -0.2) is 9.59 Å². The van der Waals surface area contributed by atoms with Gasteiger partial charge < -0.3 is 49.0 Å². The second-order valence-electron chi connectivity index (χ2n) is 13.9. The number of allylic oxidation sites excluding steroid dienone is 1. The van der Waals surface area contributed by atoms with Crippen LogP contribution in [0.2, 0.25) is 0 Å². The van der Waals surface area contributed by atoms with Gasteiger partial charge >= 0.3 is 12.2 Å². The highest BCUT2D eigenvalue weighted by molar-refractivity contribution is 6.03. The van der Waals surface area contributed by atoms with Crippen molar-refractivity contribution < 1.29 is 48.3 Å². The molecule has 1 aromatic rings. The Morgan fingerprint density at radius 1 is 1.13 bits per heavy atom. The first-order chi connectivity index (χ1) is 25.3. The Labute approximate surface area is 307 Å². The van der Waals surface area contributed by atoms with E-state index in [1.165, 1.54) is 0 Å². The zero-order valence-electron chi connectivity index (χ0n) is 30.9. The lowest BCUT2D eigenvalue weighted by atomic mass is 9.55. The second-order valence-corrected chi connectivity index (χ2v) is 13.9. The van der Waals surface area contributed by atoms with Crippen molar-refractivity contribution in [1.82, 2.24) is 10.2 Å². The van der Waals surface area contributed by atoms with Gasteiger partial charge in [0, 0.05) is 51.1 Å². The molecule has 0 bridgehead atoms. The predicted molar refractivity (Wildman–Crippen MR) is 194 cm³/mol. The number of carbonyl (C=O) groups is 2. The summed E-state index contributed by atoms with van der Waals surface area (Å²) in [7, 11) is 1.69. The smallest absolute Gasteiger partial charge is 0.412 e. The molecular weight excluding hydrogens is 670 g/mol. The van der Waals surface area contributed by atoms with Crippen LogP contribution < -0.4 is 14.8 Å². The van der Waals surface area contributed by atoms with Crippen LogP contribution in [-0.4, -0.2) is 97.8 Å². The maximum Gasteiger partial charge on any atom is 0.412 e. The Morgan fingerprint density at radius 2 is 1.92 bits per heavy atom. The van der Waals surface area contributed by atoms with Gasteiger partial charge in [0.05, 0.1) is 31.5 Å². The number of unbranched alkanes of at least 4 members (excludes halogenated alkanes) is 2. The van der Waals surface area contributed by atoms with Crippen LogP contribution in [0.15, 0.2) is 47.7 Å². The number of ether oxygens (including phenoxy) is 5. The summed E-state index contributed by atoms with van der Waals surface area (Å²) in [6, 6.07) is 4.68. The summed E-state index contributed by atoms with van der Waals surface area (Å²) in [4.78, 5) is 33.8. The van der Waals surface area contributed by atoms with Gasteiger partial charge in [-0.05, 0) is 88.0 Å². The summed E-state index contributed by atoms with van der Waals surface area (Å²) >= 11 is 0. The Morgan fingerprint density at radius 3 is 2.62 bits per heavy atom. The van der Waals surface area contributed by atoms with E-state index in [-0.39, 0.29) is 50.6 Å². The third kappa shape index (κ3) is 8.75. The monoisotopic (exact) mass is 727 g/mol. The molecule has 2 aliphatic heterocycles. The lowest BCUT2D eigenvalue weighted by molar-refractivity contribution is -0.254. The highest BCUT2D eigenvalue weighted by atomic mass is 16.8. The molecule has 7 atom stereocenters. The summed E-state index contributed by atoms with van der Waals surface area (Å²) in [5, 5.41) is 27.0. The summed E-state index contributed by atoms with van der Waals surface area (Å²) < 4.78 is 31.0. The Kier molecular flexibility index (Phi) is 14.4. The Hall–Kier alpha value is -3.65. The lowest BCUT2D eigenvalue weighted by Crippen LogP contribution is -2.69. The van der Waals surface area contributed by atoms with Gasteiger partial charge in [0.25, 0.3) is 0 Å². The van der Waals surface area contributed by atoms with Crippen LogP contribution in [0, 0.1) is 17.8 Å². The molecule has 1 aromatic carbocycles. The number of fused-ring (bicyclic) bond motifs is 2. The molecule has 2 aliphatic carbocycles. The van der Waals surface area contributed by atoms with Crippen LogP contribution in [0.4, 0.5) is 9.59 Å². The second kappa shape index (κ2) is 18.9. The zero-order chi connectivity index (χ0) is 37.1. The molecule has 13 heteroatoms. The van der Waals surface area contributed by atoms with Crippen molar-refractivity contribution in [2.45, 2.75) is 102 Å². The maximum atomic E-state index is 13.5. The summed E-state index contributed by atoms with van der Waals surface area (Å²) in [6.45, 7) is 9.07. The molecule has 1 saturated heterocycles. The van der Waals surface area contributed by atoms with Gasteiger partial charge in [0.2, 0.25) is 12.1 Å². The van der Waals surface area contributed by atoms with Crippen molar-refractivity contribution in [2.75, 3.05) is 46.6 Å². The lowest BCUT2D eigenvalue weighted by Gasteiger charge is -2.59. The van der Waals surface area contributed by atoms with Crippen LogP contribution in [0.1, 0.15) is 89.5 Å². The Balaban J connectivity index is 1.74. The summed E-state index contributed by atoms with van der Waals surface area (Å²) in [5.41, 5.74) is 2.43. The largest absolute Gasteiger partial charge is 0.459 e. The molecule has 52 heavy (non-hydrogen) atoms. The first-order valence-electron chi connectivity index (χ1n) is 19.0. The van der Waals surface area contributed by atoms with Crippen molar-refractivity contribution in [3.05, 3.63) is 48.1 Å². The number of likely N-dealkylation sites (N-methyl/N-ethyl adjacent to an activating group) is 1. The van der Waals surface area contributed by atoms with E-state index in [0.717, 1.165) is 56.1 Å². The van der Waals surface area contributed by atoms with Gasteiger partial charge in [-0.3, -0.25) is 0 Å². The van der Waals surface area contributed by atoms with Crippen LogP contribution in [0.25, 0.3) is 0 Å². The van der Waals surface area contributed by atoms with E-state index >= 15 is 0 Å². The number of amides is 2. The minimum atomic E-state index is -1.40. The third-order valence-electron chi connectivity index (χ3n) is 10.6. The Bertz CT molecular complexity index is 1430. The predicted octanol–water partition coefficient (Wildman–Crippen LogP) is 6.04. The van der Waals surface area contributed by atoms with E-state index < -0.39 is 36.2 Å². The first-order valence-corrected chi connectivity index (χ1v) is 19.0. The van der Waals surface area contributed by atoms with Crippen molar-refractivity contribution in [3.63, 3.8) is 0 Å². The van der Waals surface area contributed by atoms with Crippen molar-refractivity contribution in [3.8, 4) is 11.5 Å². The van der Waals surface area contributed by atoms with Gasteiger partial charge in [0.15, 0.2) is 0 Å². The molecule has 1 saturated carbocycles. The number of aliphatic hydroxyl groups is 2. The van der Waals surface area contributed by atoms with E-state index in [4.69, 9.17) is 33.7 Å². The number of nitrogens with zero attached hydrogens (tertiary/aromatic N) is 2. The highest BCUT2D eigenvalue weighted by Crippen LogP contribution is 2.61. The fourth-order valence-corrected chi connectivity index (χ4v) is 8.35. The van der Waals surface area contributed by atoms with Gasteiger partial charge in [-0.1, -0.05) is 30.1 Å². The van der Waals surface area contributed by atoms with Crippen molar-refractivity contribution in [1.29, 1.82) is 0 Å². The SMILES string of the molecule is C=CCOC12Oc3ccc(OC(=O)NCC)cc3C3C(CCCCO)C(CCCCO)C=C(C(=NOC4CCCCO4)CC1N(C)C(=O)OCC)C32. The molecule has 13 nitrogen and oxygen atoms in total. The fraction of sp³-hybridized carbons (Fsp3) is 0.667. The topological polar surface area (TPSA) is 158 Å². The molecule has 2 heterocycles. The number of rotatable bonds is 17. The van der Waals surface area contributed by atoms with Crippen LogP contribution >= 0.6 is 0 Å². The summed E-state index contributed by atoms with van der Waals surface area (Å²) in [5.74, 6) is -1.11. The van der Waals surface area contributed by atoms with Crippen molar-refractivity contribution in [2.24, 2.45) is 22.9 Å². The maximum absolute atomic E-state index is 13.5. The molecule has 2 amide bonds. The number of nitrogens with one attached hydrogen (secondary N) is 1. The van der Waals surface area contributed by atoms with E-state index in [1.807, 2.05) is 13.0 Å². The van der Waals surface area contributed by atoms with E-state index in [9.17, 15) is 19.8 Å². The number of oxime groups is 1. The number of aliphatic hydroxyl groups excluding tert-OH is 2. The van der Waals surface area contributed by atoms with Crippen molar-refractivity contribution >= 4 is 17.9 Å². The summed E-state index contributed by atoms with van der Waals surface area (Å²) in [6.07, 6.45) is 9.82. The zero-order valence-corrected chi connectivity index (χ0v) is 30.9. The molecule has 7 unspecified atom stereocenters. The molecule has 0 aromatic heterocycles. The van der Waals surface area contributed by atoms with Gasteiger partial charge in [0.1, 0.15) is 17.5 Å². The van der Waals surface area contributed by atoms with Crippen LogP contribution in [-0.2, 0) is 19.0 Å². The molecule has 2 fully saturated rings. The van der Waals surface area contributed by atoms with Gasteiger partial charge in [-0.2, -0.15) is 0 Å². The van der Waals surface area contributed by atoms with Crippen LogP contribution in [0.5, 0.6) is 11.5 Å². The third-order valence-corrected chi connectivity index (χ3v) is 10.6. The van der Waals surface area contributed by atoms with E-state index in [0.29, 0.717) is 43.2 Å². The first kappa shape index (κ1) is 39.6. The minimum absolute atomic E-state index is 0.0311. The quantitative estimate of drug-likeness (QED) is 0.0982. The average molecular weight is 728 g/mol. The number of carbonyl (C=O) groups excluding carboxylic acids is 2. The van der Waals surface area contributed by atoms with Gasteiger partial charge in [-0.15, -0.1) is 6.58 Å². The highest BCUT2D eigenvalue weighted by Gasteiger charge is 2.65. The minimum Gasteiger partial charge on any atom is -0.459 e. The van der Waals surface area contributed by atoms with E-state index in [1.54, 1.807) is 37.1 Å². The molecule has 3 N–H and O–H groups in total.